The van der Waals surface area contributed by atoms with E-state index in [0.29, 0.717) is 6.42 Å². The number of nitrogens with zero attached hydrogens (tertiary/aromatic N) is 2. The number of methoxy groups -OCH3 is 2. The Kier molecular flexibility index (Phi) is 4.06. The molecule has 0 spiro atoms. The molecule has 5 heteroatoms. The highest BCUT2D eigenvalue weighted by Crippen LogP contribution is 2.29. The van der Waals surface area contributed by atoms with E-state index in [0.717, 1.165) is 22.8 Å². The quantitative estimate of drug-likeness (QED) is 0.889. The first kappa shape index (κ1) is 13.4. The molecule has 1 aromatic carbocycles. The number of nitrogens with two attached hydrogens (primary N) is 1. The molecule has 102 valence electrons. The maximum Gasteiger partial charge on any atom is 0.127 e. The van der Waals surface area contributed by atoms with Crippen LogP contribution in [-0.4, -0.2) is 24.0 Å². The molecule has 0 amide bonds. The molecular formula is C14H19N3O2. The van der Waals surface area contributed by atoms with Crippen molar-refractivity contribution in [2.75, 3.05) is 14.2 Å². The molecule has 0 aliphatic heterocycles. The molecule has 2 N–H and O–H groups in total. The second-order valence-corrected chi connectivity index (χ2v) is 4.40. The molecular weight excluding hydrogens is 242 g/mol. The zero-order valence-electron chi connectivity index (χ0n) is 11.5. The van der Waals surface area contributed by atoms with Crippen molar-refractivity contribution in [3.8, 4) is 11.5 Å². The molecule has 0 aliphatic carbocycles. The second kappa shape index (κ2) is 5.75. The molecule has 0 saturated carbocycles. The maximum atomic E-state index is 6.23. The van der Waals surface area contributed by atoms with Crippen molar-refractivity contribution < 1.29 is 9.47 Å². The van der Waals surface area contributed by atoms with Crippen molar-refractivity contribution in [1.82, 2.24) is 9.78 Å². The molecule has 0 saturated heterocycles. The fourth-order valence-electron chi connectivity index (χ4n) is 2.03. The van der Waals surface area contributed by atoms with Crippen LogP contribution >= 0.6 is 0 Å². The van der Waals surface area contributed by atoms with Crippen molar-refractivity contribution in [3.05, 3.63) is 41.7 Å². The third-order valence-corrected chi connectivity index (χ3v) is 3.04. The van der Waals surface area contributed by atoms with Gasteiger partial charge in [-0.3, -0.25) is 4.68 Å². The van der Waals surface area contributed by atoms with Gasteiger partial charge in [-0.15, -0.1) is 0 Å². The number of hydrogen-bond acceptors (Lipinski definition) is 4. The van der Waals surface area contributed by atoms with Gasteiger partial charge in [0, 0.05) is 37.3 Å². The molecule has 5 nitrogen and oxygen atoms in total. The van der Waals surface area contributed by atoms with E-state index >= 15 is 0 Å². The highest BCUT2D eigenvalue weighted by molar-refractivity contribution is 5.42. The Morgan fingerprint density at radius 2 is 2.05 bits per heavy atom. The van der Waals surface area contributed by atoms with E-state index in [1.807, 2.05) is 37.5 Å². The average molecular weight is 261 g/mol. The van der Waals surface area contributed by atoms with Crippen LogP contribution in [0.25, 0.3) is 0 Å². The van der Waals surface area contributed by atoms with Crippen LogP contribution < -0.4 is 15.2 Å². The van der Waals surface area contributed by atoms with Crippen LogP contribution in [0.3, 0.4) is 0 Å². The van der Waals surface area contributed by atoms with E-state index in [2.05, 4.69) is 5.10 Å². The lowest BCUT2D eigenvalue weighted by Crippen LogP contribution is -2.15. The van der Waals surface area contributed by atoms with E-state index in [4.69, 9.17) is 15.2 Å². The monoisotopic (exact) mass is 261 g/mol. The predicted molar refractivity (Wildman–Crippen MR) is 73.4 cm³/mol. The van der Waals surface area contributed by atoms with Gasteiger partial charge in [-0.25, -0.2) is 0 Å². The van der Waals surface area contributed by atoms with Crippen LogP contribution in [0, 0.1) is 0 Å². The van der Waals surface area contributed by atoms with E-state index in [-0.39, 0.29) is 6.04 Å². The first-order valence-corrected chi connectivity index (χ1v) is 6.10. The third kappa shape index (κ3) is 3.06. The zero-order valence-corrected chi connectivity index (χ0v) is 11.5. The van der Waals surface area contributed by atoms with Crippen molar-refractivity contribution in [3.63, 3.8) is 0 Å². The fourth-order valence-corrected chi connectivity index (χ4v) is 2.03. The van der Waals surface area contributed by atoms with Crippen molar-refractivity contribution in [2.24, 2.45) is 12.8 Å². The first-order valence-electron chi connectivity index (χ1n) is 6.10. The number of aromatic nitrogens is 2. The summed E-state index contributed by atoms with van der Waals surface area (Å²) in [4.78, 5) is 0. The van der Waals surface area contributed by atoms with Gasteiger partial charge in [-0.05, 0) is 12.1 Å². The average Bonchev–Trinajstić information content (AvgIpc) is 2.83. The lowest BCUT2D eigenvalue weighted by atomic mass is 10.0. The number of hydrogen-bond donors (Lipinski definition) is 1. The van der Waals surface area contributed by atoms with Gasteiger partial charge in [0.25, 0.3) is 0 Å². The van der Waals surface area contributed by atoms with Crippen LogP contribution in [0.15, 0.2) is 30.5 Å². The Bertz CT molecular complexity index is 551. The molecule has 1 atom stereocenters. The van der Waals surface area contributed by atoms with Crippen LogP contribution in [0.2, 0.25) is 0 Å². The molecule has 0 fully saturated rings. The lowest BCUT2D eigenvalue weighted by Gasteiger charge is -2.15. The highest BCUT2D eigenvalue weighted by atomic mass is 16.5. The Hall–Kier alpha value is -2.01. The topological polar surface area (TPSA) is 62.3 Å². The summed E-state index contributed by atoms with van der Waals surface area (Å²) in [5.41, 5.74) is 8.15. The normalized spacial score (nSPS) is 12.2. The van der Waals surface area contributed by atoms with Gasteiger partial charge < -0.3 is 15.2 Å². The zero-order chi connectivity index (χ0) is 13.8. The van der Waals surface area contributed by atoms with Gasteiger partial charge in [0.2, 0.25) is 0 Å². The third-order valence-electron chi connectivity index (χ3n) is 3.04. The Balaban J connectivity index is 2.20. The molecule has 2 rings (SSSR count). The summed E-state index contributed by atoms with van der Waals surface area (Å²) in [6.45, 7) is 0. The molecule has 1 heterocycles. The molecule has 0 aliphatic rings. The van der Waals surface area contributed by atoms with Gasteiger partial charge in [-0.2, -0.15) is 5.10 Å². The Labute approximate surface area is 112 Å². The minimum atomic E-state index is -0.157. The number of ether oxygens (including phenoxy) is 2. The van der Waals surface area contributed by atoms with Crippen molar-refractivity contribution >= 4 is 0 Å². The van der Waals surface area contributed by atoms with Crippen LogP contribution in [0.4, 0.5) is 0 Å². The molecule has 1 unspecified atom stereocenters. The fraction of sp³-hybridized carbons (Fsp3) is 0.357. The van der Waals surface area contributed by atoms with E-state index in [1.165, 1.54) is 0 Å². The van der Waals surface area contributed by atoms with E-state index < -0.39 is 0 Å². The summed E-state index contributed by atoms with van der Waals surface area (Å²) in [5, 5.41) is 4.34. The highest BCUT2D eigenvalue weighted by Gasteiger charge is 2.14. The van der Waals surface area contributed by atoms with Crippen molar-refractivity contribution in [1.29, 1.82) is 0 Å². The predicted octanol–water partition coefficient (Wildman–Crippen LogP) is 1.68. The molecule has 19 heavy (non-hydrogen) atoms. The van der Waals surface area contributed by atoms with Crippen molar-refractivity contribution in [2.45, 2.75) is 12.5 Å². The number of benzene rings is 1. The Morgan fingerprint density at radius 3 is 2.63 bits per heavy atom. The summed E-state index contributed by atoms with van der Waals surface area (Å²) < 4.78 is 12.3. The van der Waals surface area contributed by atoms with E-state index in [1.54, 1.807) is 18.9 Å². The minimum Gasteiger partial charge on any atom is -0.497 e. The summed E-state index contributed by atoms with van der Waals surface area (Å²) in [6, 6.07) is 7.47. The Morgan fingerprint density at radius 1 is 1.26 bits per heavy atom. The largest absolute Gasteiger partial charge is 0.497 e. The molecule has 0 bridgehead atoms. The second-order valence-electron chi connectivity index (χ2n) is 4.40. The molecule has 2 aromatic rings. The first-order chi connectivity index (χ1) is 9.13. The minimum absolute atomic E-state index is 0.157. The number of aryl methyl sites for hydroxylation is 1. The smallest absolute Gasteiger partial charge is 0.127 e. The summed E-state index contributed by atoms with van der Waals surface area (Å²) in [6.07, 6.45) is 2.58. The lowest BCUT2D eigenvalue weighted by molar-refractivity contribution is 0.388. The SMILES string of the molecule is COc1ccc(C(N)Cc2ccn(C)n2)c(OC)c1. The molecule has 1 aromatic heterocycles. The van der Waals surface area contributed by atoms with Gasteiger partial charge in [0.15, 0.2) is 0 Å². The van der Waals surface area contributed by atoms with Crippen LogP contribution in [0.5, 0.6) is 11.5 Å². The van der Waals surface area contributed by atoms with Crippen LogP contribution in [0.1, 0.15) is 17.3 Å². The van der Waals surface area contributed by atoms with Gasteiger partial charge in [-0.1, -0.05) is 6.07 Å². The summed E-state index contributed by atoms with van der Waals surface area (Å²) in [7, 11) is 5.15. The summed E-state index contributed by atoms with van der Waals surface area (Å²) in [5.74, 6) is 1.49. The van der Waals surface area contributed by atoms with E-state index in [9.17, 15) is 0 Å². The summed E-state index contributed by atoms with van der Waals surface area (Å²) >= 11 is 0. The van der Waals surface area contributed by atoms with Crippen LogP contribution in [-0.2, 0) is 13.5 Å². The van der Waals surface area contributed by atoms with Gasteiger partial charge >= 0.3 is 0 Å². The van der Waals surface area contributed by atoms with Gasteiger partial charge in [0.1, 0.15) is 11.5 Å². The molecule has 0 radical (unpaired) electrons. The number of rotatable bonds is 5. The maximum absolute atomic E-state index is 6.23. The van der Waals surface area contributed by atoms with Gasteiger partial charge in [0.05, 0.1) is 19.9 Å². The standard InChI is InChI=1S/C14H19N3O2/c1-17-7-6-10(16-17)8-13(15)12-5-4-11(18-2)9-14(12)19-3/h4-7,9,13H,8,15H2,1-3H3.